The van der Waals surface area contributed by atoms with Gasteiger partial charge in [-0.1, -0.05) is 35.3 Å². The number of halogens is 3. The molecule has 3 rings (SSSR count). The lowest BCUT2D eigenvalue weighted by Crippen LogP contribution is -2.40. The molecule has 0 aliphatic carbocycles. The van der Waals surface area contributed by atoms with Gasteiger partial charge in [-0.2, -0.15) is 0 Å². The van der Waals surface area contributed by atoms with Gasteiger partial charge in [0.25, 0.3) is 11.5 Å². The van der Waals surface area contributed by atoms with Gasteiger partial charge in [-0.25, -0.2) is 4.79 Å². The second kappa shape index (κ2) is 8.18. The topological polar surface area (TPSA) is 73.1 Å². The third-order valence-corrected chi connectivity index (χ3v) is 6.07. The Labute approximate surface area is 184 Å². The summed E-state index contributed by atoms with van der Waals surface area (Å²) in [5.74, 6) is -0.641. The van der Waals surface area contributed by atoms with Crippen LogP contribution in [-0.4, -0.2) is 15.0 Å². The first kappa shape index (κ1) is 21.4. The van der Waals surface area contributed by atoms with Crippen LogP contribution < -0.4 is 16.6 Å². The first-order valence-electron chi connectivity index (χ1n) is 8.44. The summed E-state index contributed by atoms with van der Waals surface area (Å²) in [6, 6.07) is 8.87. The van der Waals surface area contributed by atoms with E-state index in [1.165, 1.54) is 24.9 Å². The zero-order valence-electron chi connectivity index (χ0n) is 15.7. The van der Waals surface area contributed by atoms with Crippen molar-refractivity contribution in [2.24, 2.45) is 14.1 Å². The minimum Gasteiger partial charge on any atom is -0.321 e. The van der Waals surface area contributed by atoms with Crippen LogP contribution in [0.3, 0.4) is 0 Å². The van der Waals surface area contributed by atoms with Crippen LogP contribution in [0.1, 0.15) is 15.9 Å². The smallest absolute Gasteiger partial charge is 0.321 e. The molecule has 1 aromatic heterocycles. The lowest BCUT2D eigenvalue weighted by Gasteiger charge is -2.15. The maximum atomic E-state index is 12.8. The van der Waals surface area contributed by atoms with E-state index in [1.54, 1.807) is 12.1 Å². The fourth-order valence-electron chi connectivity index (χ4n) is 2.95. The van der Waals surface area contributed by atoms with Crippen molar-refractivity contribution in [1.82, 2.24) is 9.13 Å². The molecule has 9 heteroatoms. The number of hydrogen-bond acceptors (Lipinski definition) is 3. The standard InChI is InChI=1S/C20H16BrCl2N3O3/c1-10-13(12-5-4-6-15(21)17(12)23)7-11(22)8-16(10)24-18(27)14-9-25(2)20(29)26(3)19(14)28/h4-9H,1-3H3,(H,24,27). The largest absolute Gasteiger partial charge is 0.330 e. The molecule has 1 N–H and O–H groups in total. The molecule has 0 saturated heterocycles. The molecule has 1 heterocycles. The van der Waals surface area contributed by atoms with Crippen molar-refractivity contribution in [3.63, 3.8) is 0 Å². The highest BCUT2D eigenvalue weighted by atomic mass is 79.9. The number of nitrogens with zero attached hydrogens (tertiary/aromatic N) is 2. The molecule has 0 saturated carbocycles. The van der Waals surface area contributed by atoms with Gasteiger partial charge in [0.15, 0.2) is 0 Å². The van der Waals surface area contributed by atoms with E-state index in [1.807, 2.05) is 25.1 Å². The molecule has 150 valence electrons. The van der Waals surface area contributed by atoms with Crippen LogP contribution in [0.5, 0.6) is 0 Å². The first-order valence-corrected chi connectivity index (χ1v) is 9.99. The van der Waals surface area contributed by atoms with Crippen molar-refractivity contribution >= 4 is 50.7 Å². The average molecular weight is 497 g/mol. The monoisotopic (exact) mass is 495 g/mol. The third-order valence-electron chi connectivity index (χ3n) is 4.55. The summed E-state index contributed by atoms with van der Waals surface area (Å²) in [6.07, 6.45) is 1.21. The number of aromatic nitrogens is 2. The summed E-state index contributed by atoms with van der Waals surface area (Å²) in [5, 5.41) is 3.63. The van der Waals surface area contributed by atoms with Gasteiger partial charge in [-0.15, -0.1) is 0 Å². The molecule has 0 spiro atoms. The van der Waals surface area contributed by atoms with Crippen LogP contribution in [0.4, 0.5) is 5.69 Å². The summed E-state index contributed by atoms with van der Waals surface area (Å²) >= 11 is 16.1. The number of aryl methyl sites for hydroxylation is 1. The van der Waals surface area contributed by atoms with E-state index in [0.29, 0.717) is 15.7 Å². The van der Waals surface area contributed by atoms with Crippen LogP contribution in [0, 0.1) is 6.92 Å². The van der Waals surface area contributed by atoms with Gasteiger partial charge in [0.05, 0.1) is 5.02 Å². The highest BCUT2D eigenvalue weighted by molar-refractivity contribution is 9.10. The predicted octanol–water partition coefficient (Wildman–Crippen LogP) is 4.38. The average Bonchev–Trinajstić information content (AvgIpc) is 2.67. The number of carbonyl (C=O) groups excluding carboxylic acids is 1. The second-order valence-corrected chi connectivity index (χ2v) is 8.15. The van der Waals surface area contributed by atoms with Crippen molar-refractivity contribution in [1.29, 1.82) is 0 Å². The van der Waals surface area contributed by atoms with E-state index in [0.717, 1.165) is 25.7 Å². The Balaban J connectivity index is 2.09. The molecule has 6 nitrogen and oxygen atoms in total. The van der Waals surface area contributed by atoms with Crippen LogP contribution >= 0.6 is 39.1 Å². The highest BCUT2D eigenvalue weighted by Crippen LogP contribution is 2.38. The molecule has 0 unspecified atom stereocenters. The summed E-state index contributed by atoms with van der Waals surface area (Å²) in [4.78, 5) is 36.9. The quantitative estimate of drug-likeness (QED) is 0.584. The van der Waals surface area contributed by atoms with Crippen LogP contribution in [0.25, 0.3) is 11.1 Å². The van der Waals surface area contributed by atoms with Gasteiger partial charge >= 0.3 is 5.69 Å². The number of nitrogens with one attached hydrogen (secondary N) is 1. The number of anilines is 1. The van der Waals surface area contributed by atoms with Gasteiger partial charge in [-0.3, -0.25) is 14.2 Å². The minimum absolute atomic E-state index is 0.156. The normalized spacial score (nSPS) is 10.8. The zero-order chi connectivity index (χ0) is 21.5. The molecule has 29 heavy (non-hydrogen) atoms. The molecule has 1 amide bonds. The summed E-state index contributed by atoms with van der Waals surface area (Å²) in [7, 11) is 2.79. The van der Waals surface area contributed by atoms with Crippen molar-refractivity contribution in [3.8, 4) is 11.1 Å². The maximum Gasteiger partial charge on any atom is 0.330 e. The molecular formula is C20H16BrCl2N3O3. The molecule has 0 bridgehead atoms. The van der Waals surface area contributed by atoms with E-state index in [-0.39, 0.29) is 5.56 Å². The fraction of sp³-hybridized carbons (Fsp3) is 0.150. The Kier molecular flexibility index (Phi) is 6.03. The third kappa shape index (κ3) is 4.03. The van der Waals surface area contributed by atoms with Crippen LogP contribution in [-0.2, 0) is 14.1 Å². The van der Waals surface area contributed by atoms with Crippen molar-refractivity contribution in [3.05, 3.63) is 83.0 Å². The lowest BCUT2D eigenvalue weighted by molar-refractivity contribution is 0.102. The number of benzene rings is 2. The molecule has 0 aliphatic heterocycles. The van der Waals surface area contributed by atoms with E-state index in [9.17, 15) is 14.4 Å². The Morgan fingerprint density at radius 3 is 2.48 bits per heavy atom. The van der Waals surface area contributed by atoms with E-state index in [4.69, 9.17) is 23.2 Å². The van der Waals surface area contributed by atoms with Crippen LogP contribution in [0.2, 0.25) is 10.0 Å². The molecular weight excluding hydrogens is 481 g/mol. The minimum atomic E-state index is -0.680. The summed E-state index contributed by atoms with van der Waals surface area (Å²) in [6.45, 7) is 1.82. The van der Waals surface area contributed by atoms with Crippen molar-refractivity contribution < 1.29 is 4.79 Å². The van der Waals surface area contributed by atoms with Crippen molar-refractivity contribution in [2.45, 2.75) is 6.92 Å². The van der Waals surface area contributed by atoms with Gasteiger partial charge in [-0.05, 0) is 52.2 Å². The van der Waals surface area contributed by atoms with E-state index in [2.05, 4.69) is 21.2 Å². The van der Waals surface area contributed by atoms with Gasteiger partial charge in [0.2, 0.25) is 0 Å². The zero-order valence-corrected chi connectivity index (χ0v) is 18.8. The Bertz CT molecular complexity index is 1270. The molecule has 3 aromatic rings. The predicted molar refractivity (Wildman–Crippen MR) is 119 cm³/mol. The van der Waals surface area contributed by atoms with E-state index >= 15 is 0 Å². The van der Waals surface area contributed by atoms with Gasteiger partial charge in [0, 0.05) is 41.0 Å². The summed E-state index contributed by atoms with van der Waals surface area (Å²) in [5.41, 5.74) is 1.30. The number of amides is 1. The molecule has 0 aliphatic rings. The first-order chi connectivity index (χ1) is 13.6. The lowest BCUT2D eigenvalue weighted by atomic mass is 9.99. The van der Waals surface area contributed by atoms with Crippen molar-refractivity contribution in [2.75, 3.05) is 5.32 Å². The number of carbonyl (C=O) groups is 1. The van der Waals surface area contributed by atoms with Gasteiger partial charge in [0.1, 0.15) is 5.56 Å². The molecule has 2 aromatic carbocycles. The van der Waals surface area contributed by atoms with E-state index < -0.39 is 17.2 Å². The Morgan fingerprint density at radius 2 is 1.79 bits per heavy atom. The van der Waals surface area contributed by atoms with Crippen LogP contribution in [0.15, 0.2) is 50.6 Å². The SMILES string of the molecule is Cc1c(NC(=O)c2cn(C)c(=O)n(C)c2=O)cc(Cl)cc1-c1cccc(Br)c1Cl. The summed E-state index contributed by atoms with van der Waals surface area (Å²) < 4.78 is 2.79. The number of hydrogen-bond donors (Lipinski definition) is 1. The molecule has 0 radical (unpaired) electrons. The molecule has 0 fully saturated rings. The second-order valence-electron chi connectivity index (χ2n) is 6.48. The van der Waals surface area contributed by atoms with Gasteiger partial charge < -0.3 is 9.88 Å². The maximum absolute atomic E-state index is 12.8. The molecule has 0 atom stereocenters. The Morgan fingerprint density at radius 1 is 1.10 bits per heavy atom. The number of rotatable bonds is 3. The fourth-order valence-corrected chi connectivity index (χ4v) is 3.77. The Hall–Kier alpha value is -2.35. The highest BCUT2D eigenvalue weighted by Gasteiger charge is 2.18.